The standard InChI is InChI=1S/C17H17N3O2S/c1-11(15-8-5-9-23-15)18-16(21)10-20-12(2)19-14-7-4-3-6-13(14)17(20)22/h3-9,11H,10H2,1-2H3,(H,18,21)/t11-/m1/s1. The molecule has 0 saturated heterocycles. The molecule has 1 amide bonds. The number of aryl methyl sites for hydroxylation is 1. The second-order valence-corrected chi connectivity index (χ2v) is 6.35. The zero-order valence-corrected chi connectivity index (χ0v) is 13.8. The first kappa shape index (κ1) is 15.4. The maximum atomic E-state index is 12.5. The largest absolute Gasteiger partial charge is 0.347 e. The Kier molecular flexibility index (Phi) is 4.25. The molecule has 118 valence electrons. The molecule has 2 aromatic heterocycles. The summed E-state index contributed by atoms with van der Waals surface area (Å²) in [6.45, 7) is 3.64. The van der Waals surface area contributed by atoms with Crippen LogP contribution in [0.4, 0.5) is 0 Å². The van der Waals surface area contributed by atoms with E-state index < -0.39 is 0 Å². The number of carbonyl (C=O) groups excluding carboxylic acids is 1. The van der Waals surface area contributed by atoms with Gasteiger partial charge in [0.25, 0.3) is 5.56 Å². The summed E-state index contributed by atoms with van der Waals surface area (Å²) in [5, 5.41) is 5.41. The first-order valence-electron chi connectivity index (χ1n) is 7.35. The molecule has 3 aromatic rings. The number of nitrogens with zero attached hydrogens (tertiary/aromatic N) is 2. The molecule has 6 heteroatoms. The number of rotatable bonds is 4. The van der Waals surface area contributed by atoms with Gasteiger partial charge in [-0.25, -0.2) is 4.98 Å². The molecule has 0 spiro atoms. The Balaban J connectivity index is 1.84. The molecule has 1 aromatic carbocycles. The number of para-hydroxylation sites is 1. The van der Waals surface area contributed by atoms with Gasteiger partial charge in [0.2, 0.25) is 5.91 Å². The summed E-state index contributed by atoms with van der Waals surface area (Å²) < 4.78 is 1.42. The minimum atomic E-state index is -0.201. The monoisotopic (exact) mass is 327 g/mol. The molecule has 0 bridgehead atoms. The smallest absolute Gasteiger partial charge is 0.261 e. The van der Waals surface area contributed by atoms with Crippen molar-refractivity contribution in [3.63, 3.8) is 0 Å². The molecule has 0 saturated carbocycles. The fraction of sp³-hybridized carbons (Fsp3) is 0.235. The molecule has 0 aliphatic heterocycles. The molecule has 0 aliphatic rings. The first-order chi connectivity index (χ1) is 11.1. The maximum Gasteiger partial charge on any atom is 0.261 e. The van der Waals surface area contributed by atoms with Crippen molar-refractivity contribution in [3.05, 3.63) is 62.8 Å². The highest BCUT2D eigenvalue weighted by Gasteiger charge is 2.14. The van der Waals surface area contributed by atoms with E-state index in [0.717, 1.165) is 4.88 Å². The third kappa shape index (κ3) is 3.17. The summed E-state index contributed by atoms with van der Waals surface area (Å²) in [6, 6.07) is 11.0. The van der Waals surface area contributed by atoms with E-state index in [1.807, 2.05) is 30.5 Å². The fourth-order valence-corrected chi connectivity index (χ4v) is 3.24. The van der Waals surface area contributed by atoms with Gasteiger partial charge in [-0.1, -0.05) is 18.2 Å². The number of aromatic nitrogens is 2. The Hall–Kier alpha value is -2.47. The second-order valence-electron chi connectivity index (χ2n) is 5.37. The molecule has 0 fully saturated rings. The molecule has 3 rings (SSSR count). The summed E-state index contributed by atoms with van der Waals surface area (Å²) in [4.78, 5) is 30.3. The molecule has 2 heterocycles. The van der Waals surface area contributed by atoms with E-state index in [2.05, 4.69) is 10.3 Å². The van der Waals surface area contributed by atoms with Gasteiger partial charge in [0, 0.05) is 4.88 Å². The van der Waals surface area contributed by atoms with Gasteiger partial charge in [0.1, 0.15) is 12.4 Å². The highest BCUT2D eigenvalue weighted by atomic mass is 32.1. The summed E-state index contributed by atoms with van der Waals surface area (Å²) in [6.07, 6.45) is 0. The van der Waals surface area contributed by atoms with Crippen LogP contribution in [0.2, 0.25) is 0 Å². The zero-order chi connectivity index (χ0) is 16.4. The Morgan fingerprint density at radius 2 is 2.09 bits per heavy atom. The molecule has 1 atom stereocenters. The third-order valence-corrected chi connectivity index (χ3v) is 4.76. The lowest BCUT2D eigenvalue weighted by atomic mass is 10.2. The van der Waals surface area contributed by atoms with Crippen molar-refractivity contribution in [1.82, 2.24) is 14.9 Å². The minimum Gasteiger partial charge on any atom is -0.347 e. The quantitative estimate of drug-likeness (QED) is 0.801. The van der Waals surface area contributed by atoms with E-state index in [0.29, 0.717) is 16.7 Å². The van der Waals surface area contributed by atoms with Crippen molar-refractivity contribution in [1.29, 1.82) is 0 Å². The molecule has 0 aliphatic carbocycles. The predicted octanol–water partition coefficient (Wildman–Crippen LogP) is 2.64. The highest BCUT2D eigenvalue weighted by Crippen LogP contribution is 2.18. The van der Waals surface area contributed by atoms with Crippen molar-refractivity contribution in [2.75, 3.05) is 0 Å². The predicted molar refractivity (Wildman–Crippen MR) is 91.6 cm³/mol. The van der Waals surface area contributed by atoms with Gasteiger partial charge >= 0.3 is 0 Å². The van der Waals surface area contributed by atoms with Gasteiger partial charge in [0.05, 0.1) is 16.9 Å². The minimum absolute atomic E-state index is 0.0295. The summed E-state index contributed by atoms with van der Waals surface area (Å²) in [5.41, 5.74) is 0.464. The first-order valence-corrected chi connectivity index (χ1v) is 8.23. The van der Waals surface area contributed by atoms with Gasteiger partial charge in [-0.05, 0) is 37.4 Å². The number of thiophene rings is 1. The topological polar surface area (TPSA) is 64.0 Å². The Morgan fingerprint density at radius 1 is 1.30 bits per heavy atom. The SMILES string of the molecule is Cc1nc2ccccc2c(=O)n1CC(=O)N[C@H](C)c1cccs1. The van der Waals surface area contributed by atoms with Crippen LogP contribution in [0.15, 0.2) is 46.6 Å². The Bertz CT molecular complexity index is 900. The van der Waals surface area contributed by atoms with E-state index in [1.165, 1.54) is 4.57 Å². The van der Waals surface area contributed by atoms with E-state index in [4.69, 9.17) is 0 Å². The summed E-state index contributed by atoms with van der Waals surface area (Å²) in [7, 11) is 0. The molecule has 5 nitrogen and oxygen atoms in total. The molecule has 0 radical (unpaired) electrons. The Morgan fingerprint density at radius 3 is 2.83 bits per heavy atom. The summed E-state index contributed by atoms with van der Waals surface area (Å²) in [5.74, 6) is 0.334. The van der Waals surface area contributed by atoms with Crippen LogP contribution in [0.5, 0.6) is 0 Å². The molecular weight excluding hydrogens is 310 g/mol. The van der Waals surface area contributed by atoms with Gasteiger partial charge < -0.3 is 5.32 Å². The van der Waals surface area contributed by atoms with Gasteiger partial charge in [-0.15, -0.1) is 11.3 Å². The van der Waals surface area contributed by atoms with Crippen LogP contribution in [0, 0.1) is 6.92 Å². The number of benzene rings is 1. The van der Waals surface area contributed by atoms with Gasteiger partial charge in [0.15, 0.2) is 0 Å². The van der Waals surface area contributed by atoms with Crippen molar-refractivity contribution >= 4 is 28.1 Å². The number of nitrogens with one attached hydrogen (secondary N) is 1. The molecule has 0 unspecified atom stereocenters. The van der Waals surface area contributed by atoms with E-state index in [1.54, 1.807) is 36.5 Å². The van der Waals surface area contributed by atoms with E-state index in [9.17, 15) is 9.59 Å². The van der Waals surface area contributed by atoms with Crippen LogP contribution < -0.4 is 10.9 Å². The van der Waals surface area contributed by atoms with Crippen molar-refractivity contribution in [3.8, 4) is 0 Å². The van der Waals surface area contributed by atoms with Crippen LogP contribution >= 0.6 is 11.3 Å². The molecule has 1 N–H and O–H groups in total. The van der Waals surface area contributed by atoms with Crippen molar-refractivity contribution < 1.29 is 4.79 Å². The average Bonchev–Trinajstić information content (AvgIpc) is 3.06. The zero-order valence-electron chi connectivity index (χ0n) is 12.9. The van der Waals surface area contributed by atoms with E-state index in [-0.39, 0.29) is 24.1 Å². The maximum absolute atomic E-state index is 12.5. The van der Waals surface area contributed by atoms with Crippen LogP contribution in [0.3, 0.4) is 0 Å². The molecule has 23 heavy (non-hydrogen) atoms. The third-order valence-electron chi connectivity index (χ3n) is 3.70. The number of hydrogen-bond acceptors (Lipinski definition) is 4. The van der Waals surface area contributed by atoms with Crippen LogP contribution in [0.25, 0.3) is 10.9 Å². The fourth-order valence-electron chi connectivity index (χ4n) is 2.50. The number of carbonyl (C=O) groups is 1. The molecular formula is C17H17N3O2S. The normalized spacial score (nSPS) is 12.3. The lowest BCUT2D eigenvalue weighted by molar-refractivity contribution is -0.122. The number of amides is 1. The van der Waals surface area contributed by atoms with Gasteiger partial charge in [-0.2, -0.15) is 0 Å². The number of hydrogen-bond donors (Lipinski definition) is 1. The van der Waals surface area contributed by atoms with Crippen LogP contribution in [0.1, 0.15) is 23.7 Å². The van der Waals surface area contributed by atoms with E-state index >= 15 is 0 Å². The van der Waals surface area contributed by atoms with Crippen molar-refractivity contribution in [2.45, 2.75) is 26.4 Å². The summed E-state index contributed by atoms with van der Waals surface area (Å²) >= 11 is 1.59. The van der Waals surface area contributed by atoms with Crippen LogP contribution in [-0.4, -0.2) is 15.5 Å². The lowest BCUT2D eigenvalue weighted by Crippen LogP contribution is -2.35. The number of fused-ring (bicyclic) bond motifs is 1. The van der Waals surface area contributed by atoms with Crippen molar-refractivity contribution in [2.24, 2.45) is 0 Å². The Labute approximate surface area is 137 Å². The second kappa shape index (κ2) is 6.34. The highest BCUT2D eigenvalue weighted by molar-refractivity contribution is 7.10. The van der Waals surface area contributed by atoms with Gasteiger partial charge in [-0.3, -0.25) is 14.2 Å². The average molecular weight is 327 g/mol. The lowest BCUT2D eigenvalue weighted by Gasteiger charge is -2.14. The van der Waals surface area contributed by atoms with Crippen LogP contribution in [-0.2, 0) is 11.3 Å².